The number of carboxylic acid groups (broad SMARTS) is 1. The van der Waals surface area contributed by atoms with E-state index >= 15 is 0 Å². The van der Waals surface area contributed by atoms with E-state index in [4.69, 9.17) is 47.4 Å². The Balaban J connectivity index is 1.07. The maximum atomic E-state index is 14.8. The number of esters is 2. The maximum Gasteiger partial charge on any atom is 0.509 e. The third kappa shape index (κ3) is 13.8. The van der Waals surface area contributed by atoms with Crippen LogP contribution in [0.4, 0.5) is 4.79 Å². The molecule has 18 atom stereocenters. The molecule has 4 fully saturated rings. The highest BCUT2D eigenvalue weighted by molar-refractivity contribution is 5.94. The Hall–Kier alpha value is -4.49. The van der Waals surface area contributed by atoms with Gasteiger partial charge in [-0.1, -0.05) is 20.8 Å². The van der Waals surface area contributed by atoms with E-state index in [-0.39, 0.29) is 49.3 Å². The number of carbonyl (C=O) groups excluding carboxylic acids is 3. The number of hydrogen-bond donors (Lipinski definition) is 4. The standard InChI is InChI=1S/C58H90N4O18/c1-15-42-58(10)50(79-55(69)80-58)35(6)61(13)29-31(2)27-56(8,70)49(78-54-47(65)40(60(11)12)24-32(3)73-54)33(4)48(34(5)53(68)75-42)77-44-28-57(9,71-14)51(36(7)74-44)76-43(63)19-21-59-20-16-18-37-25-38-45-41(26-37)72-23-17-22-62(45)30-39(46(38)64)52(66)67/h25-26,30-36,40,42,44,47-51,54,59,65,70H,15-24,27-29H2,1-14H3,(H,66,67)/t31-,32-,33+,34-,35-,36+,40+,42-,44+,47-,48+,49-,50-,51+,54+,56-,57-,58-/m1/s1. The average molecular weight is 1130 g/mol. The van der Waals surface area contributed by atoms with Gasteiger partial charge in [0.2, 0.25) is 5.43 Å². The van der Waals surface area contributed by atoms with Crippen LogP contribution in [0.25, 0.3) is 10.9 Å². The van der Waals surface area contributed by atoms with Gasteiger partial charge in [0, 0.05) is 57.4 Å². The molecule has 6 heterocycles. The lowest BCUT2D eigenvalue weighted by atomic mass is 9.77. The summed E-state index contributed by atoms with van der Waals surface area (Å²) in [6.45, 7) is 20.4. The minimum Gasteiger partial charge on any atom is -0.491 e. The Bertz CT molecular complexity index is 2560. The first kappa shape index (κ1) is 63.1. The zero-order valence-electron chi connectivity index (χ0n) is 49.4. The topological polar surface area (TPSA) is 262 Å². The number of cyclic esters (lactones) is 1. The molecule has 0 amide bonds. The number of likely N-dealkylation sites (N-methyl/N-ethyl adjacent to an activating group) is 2. The number of rotatable bonds is 16. The largest absolute Gasteiger partial charge is 0.509 e. The summed E-state index contributed by atoms with van der Waals surface area (Å²) in [5.41, 5.74) is -3.57. The number of pyridine rings is 1. The predicted octanol–water partition coefficient (Wildman–Crippen LogP) is 5.04. The van der Waals surface area contributed by atoms with Gasteiger partial charge < -0.3 is 77.5 Å². The molecule has 5 aliphatic heterocycles. The third-order valence-corrected chi connectivity index (χ3v) is 17.4. The van der Waals surface area contributed by atoms with Gasteiger partial charge in [-0.05, 0) is 138 Å². The first-order valence-corrected chi connectivity index (χ1v) is 28.6. The van der Waals surface area contributed by atoms with E-state index in [1.165, 1.54) is 13.3 Å². The van der Waals surface area contributed by atoms with E-state index < -0.39 is 119 Å². The van der Waals surface area contributed by atoms with Crippen molar-refractivity contribution in [3.63, 3.8) is 0 Å². The molecule has 7 rings (SSSR count). The Labute approximate surface area is 470 Å². The van der Waals surface area contributed by atoms with Crippen LogP contribution in [-0.2, 0) is 65.2 Å². The van der Waals surface area contributed by atoms with Crippen molar-refractivity contribution in [2.45, 2.75) is 217 Å². The van der Waals surface area contributed by atoms with Gasteiger partial charge in [-0.15, -0.1) is 0 Å². The molecule has 1 aromatic heterocycles. The van der Waals surface area contributed by atoms with Crippen molar-refractivity contribution in [2.24, 2.45) is 17.8 Å². The SMILES string of the molecule is CC[C@H]1OC(=O)[C@H](C)[C@@H](O[C@H]2C[C@@](C)(OC)[C@@H](OC(=O)CCNCCCc3cc4c5c(c3)c(=O)c(C(=O)O)cn5CCCO4)[C@H](C)O2)[C@H](C)[C@@H](O[C@@H]2O[C@H](C)C[C@H](N(C)C)[C@H]2O)[C@](C)(O)C[C@@H](C)CN(C)[C@H](C)[C@H]2OC(=O)O[C@@]21C. The number of aromatic nitrogens is 1. The number of aliphatic hydroxyl groups is 2. The number of ether oxygens (including phenoxy) is 10. The van der Waals surface area contributed by atoms with E-state index in [0.717, 1.165) is 5.56 Å². The molecule has 2 aromatic rings. The number of carboxylic acids is 1. The van der Waals surface area contributed by atoms with E-state index in [1.54, 1.807) is 45.3 Å². The quantitative estimate of drug-likeness (QED) is 0.0975. The summed E-state index contributed by atoms with van der Waals surface area (Å²) in [7, 11) is 7.17. The number of aliphatic hydroxyl groups excluding tert-OH is 1. The molecule has 0 radical (unpaired) electrons. The van der Waals surface area contributed by atoms with Crippen molar-refractivity contribution in [1.82, 2.24) is 19.7 Å². The summed E-state index contributed by atoms with van der Waals surface area (Å²) in [5.74, 6) is -3.98. The number of aryl methyl sites for hydroxylation is 2. The molecule has 0 spiro atoms. The molecule has 5 aliphatic rings. The molecule has 0 aliphatic carbocycles. The minimum atomic E-state index is -1.63. The van der Waals surface area contributed by atoms with Crippen LogP contribution in [0.5, 0.6) is 5.75 Å². The number of benzene rings is 1. The summed E-state index contributed by atoms with van der Waals surface area (Å²) < 4.78 is 64.9. The fourth-order valence-corrected chi connectivity index (χ4v) is 13.0. The van der Waals surface area contributed by atoms with Gasteiger partial charge in [-0.3, -0.25) is 19.3 Å². The van der Waals surface area contributed by atoms with Crippen LogP contribution in [0, 0.1) is 17.8 Å². The molecule has 4 saturated heterocycles. The van der Waals surface area contributed by atoms with Crippen LogP contribution in [0.3, 0.4) is 0 Å². The zero-order valence-corrected chi connectivity index (χ0v) is 49.4. The first-order valence-electron chi connectivity index (χ1n) is 28.6. The van der Waals surface area contributed by atoms with Gasteiger partial charge in [-0.2, -0.15) is 0 Å². The fourth-order valence-electron chi connectivity index (χ4n) is 13.0. The second-order valence-corrected chi connectivity index (χ2v) is 24.2. The summed E-state index contributed by atoms with van der Waals surface area (Å²) in [6.07, 6.45) is -5.80. The number of carbonyl (C=O) groups is 4. The van der Waals surface area contributed by atoms with Crippen molar-refractivity contribution < 1.29 is 81.9 Å². The van der Waals surface area contributed by atoms with E-state index in [0.29, 0.717) is 75.1 Å². The first-order chi connectivity index (χ1) is 37.6. The number of aromatic carboxylic acids is 1. The van der Waals surface area contributed by atoms with Crippen LogP contribution >= 0.6 is 0 Å². The lowest BCUT2D eigenvalue weighted by Crippen LogP contribution is -2.61. The number of fused-ring (bicyclic) bond motifs is 1. The van der Waals surface area contributed by atoms with Gasteiger partial charge in [0.1, 0.15) is 29.1 Å². The van der Waals surface area contributed by atoms with Crippen LogP contribution in [0.2, 0.25) is 0 Å². The number of nitrogens with one attached hydrogen (secondary N) is 1. The Morgan fingerprint density at radius 3 is 2.36 bits per heavy atom. The second kappa shape index (κ2) is 26.0. The van der Waals surface area contributed by atoms with Crippen LogP contribution in [0.1, 0.15) is 130 Å². The molecule has 22 heteroatoms. The summed E-state index contributed by atoms with van der Waals surface area (Å²) in [6, 6.07) is 2.91. The average Bonchev–Trinajstić information content (AvgIpc) is 3.58. The predicted molar refractivity (Wildman–Crippen MR) is 292 cm³/mol. The molecular weight excluding hydrogens is 1040 g/mol. The van der Waals surface area contributed by atoms with Crippen molar-refractivity contribution >= 4 is 35.0 Å². The smallest absolute Gasteiger partial charge is 0.491 e. The monoisotopic (exact) mass is 1130 g/mol. The van der Waals surface area contributed by atoms with Crippen molar-refractivity contribution in [3.8, 4) is 5.75 Å². The van der Waals surface area contributed by atoms with Crippen molar-refractivity contribution in [1.29, 1.82) is 0 Å². The molecule has 0 saturated carbocycles. The molecule has 22 nitrogen and oxygen atoms in total. The highest BCUT2D eigenvalue weighted by Crippen LogP contribution is 2.43. The summed E-state index contributed by atoms with van der Waals surface area (Å²) in [4.78, 5) is 70.5. The molecule has 450 valence electrons. The molecule has 1 aromatic carbocycles. The van der Waals surface area contributed by atoms with Gasteiger partial charge in [-0.25, -0.2) is 9.59 Å². The molecule has 0 unspecified atom stereocenters. The Kier molecular flexibility index (Phi) is 20.5. The second-order valence-electron chi connectivity index (χ2n) is 24.2. The van der Waals surface area contributed by atoms with Crippen LogP contribution in [-0.4, -0.2) is 199 Å². The highest BCUT2D eigenvalue weighted by Gasteiger charge is 2.58. The van der Waals surface area contributed by atoms with Gasteiger partial charge in [0.05, 0.1) is 59.9 Å². The number of hydrogen-bond acceptors (Lipinski definition) is 20. The molecular formula is C58H90N4O18. The fraction of sp³-hybridized carbons (Fsp3) is 0.776. The molecule has 80 heavy (non-hydrogen) atoms. The normalized spacial score (nSPS) is 37.5. The minimum absolute atomic E-state index is 0.0279. The Morgan fingerprint density at radius 1 is 0.963 bits per heavy atom. The lowest BCUT2D eigenvalue weighted by Gasteiger charge is -2.49. The number of methoxy groups -OCH3 is 1. The van der Waals surface area contributed by atoms with Gasteiger partial charge in [0.25, 0.3) is 0 Å². The van der Waals surface area contributed by atoms with Gasteiger partial charge >= 0.3 is 24.1 Å². The third-order valence-electron chi connectivity index (χ3n) is 17.4. The molecule has 0 bridgehead atoms. The maximum absolute atomic E-state index is 14.8. The lowest BCUT2D eigenvalue weighted by molar-refractivity contribution is -0.318. The van der Waals surface area contributed by atoms with E-state index in [2.05, 4.69) is 5.32 Å². The van der Waals surface area contributed by atoms with Crippen LogP contribution in [0.15, 0.2) is 23.1 Å². The van der Waals surface area contributed by atoms with Crippen molar-refractivity contribution in [2.75, 3.05) is 54.5 Å². The molecule has 4 N–H and O–H groups in total. The van der Waals surface area contributed by atoms with E-state index in [9.17, 15) is 39.3 Å². The van der Waals surface area contributed by atoms with Gasteiger partial charge in [0.15, 0.2) is 30.4 Å². The number of nitrogens with zero attached hydrogens (tertiary/aromatic N) is 3. The zero-order chi connectivity index (χ0) is 58.8. The highest BCUT2D eigenvalue weighted by atomic mass is 16.8. The van der Waals surface area contributed by atoms with Crippen LogP contribution < -0.4 is 15.5 Å². The summed E-state index contributed by atoms with van der Waals surface area (Å²) in [5, 5.41) is 38.0. The van der Waals surface area contributed by atoms with Crippen molar-refractivity contribution in [3.05, 3.63) is 39.7 Å². The summed E-state index contributed by atoms with van der Waals surface area (Å²) >= 11 is 0. The Morgan fingerprint density at radius 2 is 1.69 bits per heavy atom. The van der Waals surface area contributed by atoms with E-state index in [1.807, 2.05) is 71.6 Å².